The predicted molar refractivity (Wildman–Crippen MR) is 418 cm³/mol. The summed E-state index contributed by atoms with van der Waals surface area (Å²) in [7, 11) is -9.92. The maximum absolute atomic E-state index is 13.1. The Bertz CT molecular complexity index is 1980. The van der Waals surface area contributed by atoms with Crippen molar-refractivity contribution in [1.82, 2.24) is 0 Å². The van der Waals surface area contributed by atoms with Crippen LogP contribution in [0.15, 0.2) is 0 Å². The molecule has 0 amide bonds. The van der Waals surface area contributed by atoms with Crippen LogP contribution in [0.2, 0.25) is 0 Å². The summed E-state index contributed by atoms with van der Waals surface area (Å²) in [5.74, 6) is 0.233. The molecule has 3 N–H and O–H groups in total. The average molecular weight is 1490 g/mol. The highest BCUT2D eigenvalue weighted by atomic mass is 31.2. The molecular formula is C83H162O17P2. The second-order valence-electron chi connectivity index (χ2n) is 30.8. The summed E-state index contributed by atoms with van der Waals surface area (Å²) in [5.41, 5.74) is 0. The number of esters is 4. The number of ether oxygens (including phenoxy) is 4. The van der Waals surface area contributed by atoms with E-state index in [2.05, 4.69) is 48.5 Å². The summed E-state index contributed by atoms with van der Waals surface area (Å²) in [6.07, 6.45) is 62.6. The van der Waals surface area contributed by atoms with E-state index in [-0.39, 0.29) is 25.7 Å². The predicted octanol–water partition coefficient (Wildman–Crippen LogP) is 24.9. The molecule has 17 nitrogen and oxygen atoms in total. The molecule has 0 bridgehead atoms. The van der Waals surface area contributed by atoms with Crippen LogP contribution in [0.1, 0.15) is 434 Å². The van der Waals surface area contributed by atoms with Crippen molar-refractivity contribution in [3.63, 3.8) is 0 Å². The van der Waals surface area contributed by atoms with Crippen molar-refractivity contribution in [3.8, 4) is 0 Å². The van der Waals surface area contributed by atoms with Gasteiger partial charge < -0.3 is 33.8 Å². The molecule has 102 heavy (non-hydrogen) atoms. The van der Waals surface area contributed by atoms with Gasteiger partial charge in [0.15, 0.2) is 12.2 Å². The molecule has 0 spiro atoms. The summed E-state index contributed by atoms with van der Waals surface area (Å²) in [6.45, 7) is 12.0. The fourth-order valence-corrected chi connectivity index (χ4v) is 14.4. The average Bonchev–Trinajstić information content (AvgIpc) is 0.911. The molecule has 0 aromatic rings. The normalized spacial score (nSPS) is 14.5. The summed E-state index contributed by atoms with van der Waals surface area (Å²) >= 11 is 0. The third-order valence-electron chi connectivity index (χ3n) is 20.1. The molecule has 0 aliphatic rings. The minimum atomic E-state index is -4.96. The van der Waals surface area contributed by atoms with Crippen LogP contribution in [0.3, 0.4) is 0 Å². The van der Waals surface area contributed by atoms with Gasteiger partial charge in [0, 0.05) is 25.7 Å². The van der Waals surface area contributed by atoms with Gasteiger partial charge in [0.25, 0.3) is 0 Å². The second-order valence-corrected chi connectivity index (χ2v) is 33.7. The highest BCUT2D eigenvalue weighted by molar-refractivity contribution is 7.47. The van der Waals surface area contributed by atoms with Gasteiger partial charge in [0.2, 0.25) is 0 Å². The van der Waals surface area contributed by atoms with Gasteiger partial charge in [0.05, 0.1) is 26.4 Å². The lowest BCUT2D eigenvalue weighted by molar-refractivity contribution is -0.161. The number of unbranched alkanes of at least 4 members (excludes halogenated alkanes) is 47. The van der Waals surface area contributed by atoms with Gasteiger partial charge >= 0.3 is 39.5 Å². The highest BCUT2D eigenvalue weighted by Crippen LogP contribution is 2.45. The summed E-state index contributed by atoms with van der Waals surface area (Å²) in [4.78, 5) is 73.0. The summed E-state index contributed by atoms with van der Waals surface area (Å²) < 4.78 is 68.7. The van der Waals surface area contributed by atoms with Gasteiger partial charge in [-0.3, -0.25) is 37.3 Å². The van der Waals surface area contributed by atoms with Gasteiger partial charge in [-0.25, -0.2) is 9.13 Å². The Kier molecular flexibility index (Phi) is 71.8. The monoisotopic (exact) mass is 1490 g/mol. The van der Waals surface area contributed by atoms with Gasteiger partial charge in [-0.05, 0) is 43.4 Å². The Morgan fingerprint density at radius 3 is 0.745 bits per heavy atom. The first kappa shape index (κ1) is 100. The van der Waals surface area contributed by atoms with E-state index < -0.39 is 97.5 Å². The van der Waals surface area contributed by atoms with Crippen LogP contribution in [0.4, 0.5) is 0 Å². The van der Waals surface area contributed by atoms with Crippen molar-refractivity contribution >= 4 is 39.5 Å². The fourth-order valence-electron chi connectivity index (χ4n) is 12.8. The van der Waals surface area contributed by atoms with Crippen molar-refractivity contribution < 1.29 is 80.2 Å². The first-order valence-corrected chi connectivity index (χ1v) is 45.9. The summed E-state index contributed by atoms with van der Waals surface area (Å²) in [5, 5.41) is 10.6. The Balaban J connectivity index is 5.21. The highest BCUT2D eigenvalue weighted by Gasteiger charge is 2.30. The minimum Gasteiger partial charge on any atom is -0.462 e. The molecule has 0 aliphatic carbocycles. The van der Waals surface area contributed by atoms with Crippen LogP contribution >= 0.6 is 15.6 Å². The molecule has 0 saturated carbocycles. The van der Waals surface area contributed by atoms with Crippen molar-refractivity contribution in [2.24, 2.45) is 17.8 Å². The number of carbonyl (C=O) groups excluding carboxylic acids is 4. The molecular weight excluding hydrogens is 1330 g/mol. The van der Waals surface area contributed by atoms with Crippen LogP contribution < -0.4 is 0 Å². The maximum Gasteiger partial charge on any atom is 0.472 e. The first-order valence-electron chi connectivity index (χ1n) is 42.9. The molecule has 606 valence electrons. The molecule has 0 heterocycles. The van der Waals surface area contributed by atoms with E-state index in [1.54, 1.807) is 0 Å². The van der Waals surface area contributed by atoms with Crippen molar-refractivity contribution in [1.29, 1.82) is 0 Å². The Labute approximate surface area is 626 Å². The Hall–Kier alpha value is -1.94. The van der Waals surface area contributed by atoms with E-state index in [0.29, 0.717) is 31.6 Å². The zero-order valence-corrected chi connectivity index (χ0v) is 68.9. The van der Waals surface area contributed by atoms with Gasteiger partial charge in [-0.1, -0.05) is 382 Å². The lowest BCUT2D eigenvalue weighted by Gasteiger charge is -2.21. The van der Waals surface area contributed by atoms with E-state index in [0.717, 1.165) is 108 Å². The molecule has 4 unspecified atom stereocenters. The van der Waals surface area contributed by atoms with Crippen LogP contribution in [0, 0.1) is 17.8 Å². The number of hydrogen-bond donors (Lipinski definition) is 3. The van der Waals surface area contributed by atoms with E-state index in [1.165, 1.54) is 238 Å². The molecule has 0 fully saturated rings. The number of rotatable bonds is 81. The van der Waals surface area contributed by atoms with Crippen LogP contribution in [0.25, 0.3) is 0 Å². The molecule has 19 heteroatoms. The van der Waals surface area contributed by atoms with Crippen molar-refractivity contribution in [2.75, 3.05) is 39.6 Å². The van der Waals surface area contributed by atoms with E-state index in [1.807, 2.05) is 0 Å². The van der Waals surface area contributed by atoms with E-state index in [4.69, 9.17) is 37.0 Å². The molecule has 7 atom stereocenters. The molecule has 0 aliphatic heterocycles. The molecule has 0 aromatic carbocycles. The smallest absolute Gasteiger partial charge is 0.462 e. The Morgan fingerprint density at radius 2 is 0.500 bits per heavy atom. The van der Waals surface area contributed by atoms with Crippen LogP contribution in [0.5, 0.6) is 0 Å². The summed E-state index contributed by atoms with van der Waals surface area (Å²) in [6, 6.07) is 0. The number of aliphatic hydroxyl groups is 1. The second kappa shape index (κ2) is 73.2. The molecule has 0 radical (unpaired) electrons. The molecule has 0 rings (SSSR count). The SMILES string of the molecule is CCCCCCCCCCCCCCCCCCCCC(=O)OC[C@H](COP(=O)(O)OC[C@@H](O)COP(=O)(O)OC[C@@H](COC(=O)CCCCCCCCCC(C)C)OC(=O)CCCCCCCCCCC(C)CC)OC(=O)CCCCCCCCCCCCCCCCCCCCC(C)CC. The number of hydrogen-bond acceptors (Lipinski definition) is 15. The molecule has 0 aromatic heterocycles. The largest absolute Gasteiger partial charge is 0.472 e. The number of aliphatic hydroxyl groups excluding tert-OH is 1. The minimum absolute atomic E-state index is 0.104. The number of carbonyl (C=O) groups is 4. The lowest BCUT2D eigenvalue weighted by atomic mass is 9.99. The Morgan fingerprint density at radius 1 is 0.284 bits per heavy atom. The molecule has 0 saturated heterocycles. The van der Waals surface area contributed by atoms with Crippen LogP contribution in [-0.4, -0.2) is 96.7 Å². The van der Waals surface area contributed by atoms with Gasteiger partial charge in [0.1, 0.15) is 19.3 Å². The van der Waals surface area contributed by atoms with Crippen molar-refractivity contribution in [2.45, 2.75) is 452 Å². The number of phosphoric ester groups is 2. The zero-order chi connectivity index (χ0) is 75.1. The standard InChI is InChI=1S/C83H162O17P2/c1-8-11-12-13-14-15-16-17-18-19-23-26-29-32-35-43-50-57-64-80(85)93-70-78(99-82(87)66-59-52-44-36-33-30-27-24-21-20-22-25-28-31-34-41-48-55-62-75(6)9-2)72-97-101(89,90)95-68-77(84)69-96-102(91,92)98-73-79(71-94-81(86)65-58-51-46-39-40-47-54-61-74(4)5)100-83(88)67-60-53-45-38-37-42-49-56-63-76(7)10-3/h74-79,84H,8-73H2,1-7H3,(H,89,90)(H,91,92)/t75?,76?,77-,78-,79-/m1/s1. The zero-order valence-electron chi connectivity index (χ0n) is 67.1. The first-order chi connectivity index (χ1) is 49.3. The fraction of sp³-hybridized carbons (Fsp3) is 0.952. The quantitative estimate of drug-likeness (QED) is 0.0222. The van der Waals surface area contributed by atoms with Gasteiger partial charge in [-0.2, -0.15) is 0 Å². The van der Waals surface area contributed by atoms with E-state index in [9.17, 15) is 43.2 Å². The third-order valence-corrected chi connectivity index (χ3v) is 22.0. The van der Waals surface area contributed by atoms with Crippen molar-refractivity contribution in [3.05, 3.63) is 0 Å². The maximum atomic E-state index is 13.1. The number of phosphoric acid groups is 2. The topological polar surface area (TPSA) is 237 Å². The van der Waals surface area contributed by atoms with Gasteiger partial charge in [-0.15, -0.1) is 0 Å². The third kappa shape index (κ3) is 73.6. The van der Waals surface area contributed by atoms with E-state index >= 15 is 0 Å². The van der Waals surface area contributed by atoms with Crippen LogP contribution in [-0.2, 0) is 65.4 Å². The lowest BCUT2D eigenvalue weighted by Crippen LogP contribution is -2.30.